The van der Waals surface area contributed by atoms with Crippen molar-refractivity contribution >= 4 is 35.0 Å². The van der Waals surface area contributed by atoms with Crippen LogP contribution < -0.4 is 9.47 Å². The van der Waals surface area contributed by atoms with Crippen molar-refractivity contribution < 1.29 is 23.8 Å². The number of ether oxygens (including phenoxy) is 3. The first-order chi connectivity index (χ1) is 14.8. The van der Waals surface area contributed by atoms with E-state index in [1.807, 2.05) is 36.6 Å². The molecular formula is C22H18Cl2N2O5. The zero-order valence-corrected chi connectivity index (χ0v) is 18.3. The second-order valence-electron chi connectivity index (χ2n) is 7.05. The normalized spacial score (nSPS) is 12.1. The van der Waals surface area contributed by atoms with Crippen molar-refractivity contribution in [2.24, 2.45) is 0 Å². The number of hydrogen-bond donors (Lipinski definition) is 0. The quantitative estimate of drug-likeness (QED) is 0.303. The highest BCUT2D eigenvalue weighted by Crippen LogP contribution is 2.33. The first kappa shape index (κ1) is 21.2. The Morgan fingerprint density at radius 1 is 1.13 bits per heavy atom. The number of aromatic nitrogens is 2. The van der Waals surface area contributed by atoms with E-state index in [2.05, 4.69) is 4.98 Å². The molecule has 0 N–H and O–H groups in total. The van der Waals surface area contributed by atoms with Gasteiger partial charge in [-0.05, 0) is 43.7 Å². The fourth-order valence-electron chi connectivity index (χ4n) is 3.37. The number of halogens is 2. The van der Waals surface area contributed by atoms with Gasteiger partial charge in [-0.1, -0.05) is 29.3 Å². The molecule has 3 aromatic rings. The van der Waals surface area contributed by atoms with Gasteiger partial charge in [-0.15, -0.1) is 0 Å². The topological polar surface area (TPSA) is 79.7 Å². The number of nitrogens with zero attached hydrogens (tertiary/aromatic N) is 2. The monoisotopic (exact) mass is 460 g/mol. The molecule has 3 heterocycles. The van der Waals surface area contributed by atoms with Gasteiger partial charge in [0.05, 0.1) is 10.6 Å². The molecule has 31 heavy (non-hydrogen) atoms. The molecule has 2 aromatic heterocycles. The first-order valence-corrected chi connectivity index (χ1v) is 10.2. The SMILES string of the molecule is Cc1cc(C(=O)COC(=O)c2cnc(Cl)c(Cl)c2)c(C)n1Cc1ccc2c(c1)OCO2. The van der Waals surface area contributed by atoms with Gasteiger partial charge in [0, 0.05) is 29.7 Å². The second kappa shape index (κ2) is 8.61. The summed E-state index contributed by atoms with van der Waals surface area (Å²) in [6, 6.07) is 8.89. The van der Waals surface area contributed by atoms with Gasteiger partial charge in [-0.3, -0.25) is 4.79 Å². The number of hydrogen-bond acceptors (Lipinski definition) is 6. The van der Waals surface area contributed by atoms with Gasteiger partial charge >= 0.3 is 5.97 Å². The molecule has 0 bridgehead atoms. The lowest BCUT2D eigenvalue weighted by Crippen LogP contribution is -2.15. The molecule has 1 aliphatic heterocycles. The van der Waals surface area contributed by atoms with Crippen molar-refractivity contribution in [2.45, 2.75) is 20.4 Å². The molecule has 0 amide bonds. The van der Waals surface area contributed by atoms with E-state index in [1.54, 1.807) is 6.07 Å². The van der Waals surface area contributed by atoms with E-state index in [1.165, 1.54) is 12.3 Å². The lowest BCUT2D eigenvalue weighted by Gasteiger charge is -2.11. The molecule has 1 aliphatic rings. The number of pyridine rings is 1. The van der Waals surface area contributed by atoms with Gasteiger partial charge in [-0.25, -0.2) is 9.78 Å². The number of carbonyl (C=O) groups excluding carboxylic acids is 2. The van der Waals surface area contributed by atoms with Crippen LogP contribution in [0.1, 0.15) is 37.7 Å². The highest BCUT2D eigenvalue weighted by Gasteiger charge is 2.20. The number of Topliss-reactive ketones (excluding diaryl/α,β-unsaturated/α-hetero) is 1. The summed E-state index contributed by atoms with van der Waals surface area (Å²) in [5.74, 6) is 0.430. The minimum Gasteiger partial charge on any atom is -0.454 e. The molecule has 0 radical (unpaired) electrons. The molecule has 0 spiro atoms. The molecule has 160 valence electrons. The van der Waals surface area contributed by atoms with E-state index in [9.17, 15) is 9.59 Å². The Hall–Kier alpha value is -3.03. The summed E-state index contributed by atoms with van der Waals surface area (Å²) in [6.45, 7) is 4.17. The molecule has 0 fully saturated rings. The Bertz CT molecular complexity index is 1190. The van der Waals surface area contributed by atoms with Gasteiger partial charge in [0.25, 0.3) is 0 Å². The van der Waals surface area contributed by atoms with Crippen LogP contribution in [0.25, 0.3) is 0 Å². The summed E-state index contributed by atoms with van der Waals surface area (Å²) in [4.78, 5) is 28.7. The number of aryl methyl sites for hydroxylation is 1. The third kappa shape index (κ3) is 4.38. The number of rotatable bonds is 6. The van der Waals surface area contributed by atoms with Crippen LogP contribution in [0.4, 0.5) is 0 Å². The number of carbonyl (C=O) groups is 2. The van der Waals surface area contributed by atoms with Crippen LogP contribution in [-0.2, 0) is 11.3 Å². The summed E-state index contributed by atoms with van der Waals surface area (Å²) in [5, 5.41) is 0.221. The molecule has 9 heteroatoms. The van der Waals surface area contributed by atoms with Gasteiger partial charge in [0.2, 0.25) is 12.6 Å². The van der Waals surface area contributed by atoms with E-state index >= 15 is 0 Å². The minimum absolute atomic E-state index is 0.0872. The van der Waals surface area contributed by atoms with Gasteiger partial charge < -0.3 is 18.8 Å². The maximum absolute atomic E-state index is 12.7. The Balaban J connectivity index is 1.45. The van der Waals surface area contributed by atoms with E-state index in [0.717, 1.165) is 22.7 Å². The van der Waals surface area contributed by atoms with Gasteiger partial charge in [-0.2, -0.15) is 0 Å². The van der Waals surface area contributed by atoms with Crippen molar-refractivity contribution in [2.75, 3.05) is 13.4 Å². The Kier molecular flexibility index (Phi) is 5.89. The Morgan fingerprint density at radius 3 is 2.68 bits per heavy atom. The fourth-order valence-corrected chi connectivity index (χ4v) is 3.64. The maximum Gasteiger partial charge on any atom is 0.340 e. The van der Waals surface area contributed by atoms with E-state index < -0.39 is 12.6 Å². The number of ketones is 1. The summed E-state index contributed by atoms with van der Waals surface area (Å²) in [6.07, 6.45) is 1.25. The van der Waals surface area contributed by atoms with E-state index in [4.69, 9.17) is 37.4 Å². The van der Waals surface area contributed by atoms with Crippen LogP contribution in [-0.4, -0.2) is 34.7 Å². The first-order valence-electron chi connectivity index (χ1n) is 9.40. The van der Waals surface area contributed by atoms with Crippen LogP contribution in [0.5, 0.6) is 11.5 Å². The lowest BCUT2D eigenvalue weighted by atomic mass is 10.1. The zero-order chi connectivity index (χ0) is 22.1. The summed E-state index contributed by atoms with van der Waals surface area (Å²) < 4.78 is 17.9. The predicted molar refractivity (Wildman–Crippen MR) is 114 cm³/mol. The summed E-state index contributed by atoms with van der Waals surface area (Å²) >= 11 is 11.6. The average molecular weight is 461 g/mol. The van der Waals surface area contributed by atoms with E-state index in [-0.39, 0.29) is 28.3 Å². The molecule has 4 rings (SSSR count). The van der Waals surface area contributed by atoms with Crippen molar-refractivity contribution in [3.63, 3.8) is 0 Å². The molecule has 0 saturated carbocycles. The lowest BCUT2D eigenvalue weighted by molar-refractivity contribution is 0.0474. The summed E-state index contributed by atoms with van der Waals surface area (Å²) in [5.41, 5.74) is 3.34. The molecule has 0 unspecified atom stereocenters. The van der Waals surface area contributed by atoms with Crippen molar-refractivity contribution in [3.8, 4) is 11.5 Å². The van der Waals surface area contributed by atoms with Crippen molar-refractivity contribution in [3.05, 3.63) is 74.8 Å². The molecule has 0 aliphatic carbocycles. The smallest absolute Gasteiger partial charge is 0.340 e. The largest absolute Gasteiger partial charge is 0.454 e. The number of benzene rings is 1. The third-order valence-corrected chi connectivity index (χ3v) is 5.70. The Morgan fingerprint density at radius 2 is 1.90 bits per heavy atom. The van der Waals surface area contributed by atoms with Crippen LogP contribution >= 0.6 is 23.2 Å². The maximum atomic E-state index is 12.7. The van der Waals surface area contributed by atoms with E-state index in [0.29, 0.717) is 17.9 Å². The summed E-state index contributed by atoms with van der Waals surface area (Å²) in [7, 11) is 0. The van der Waals surface area contributed by atoms with Crippen LogP contribution in [0, 0.1) is 13.8 Å². The van der Waals surface area contributed by atoms with Crippen LogP contribution in [0.3, 0.4) is 0 Å². The zero-order valence-electron chi connectivity index (χ0n) is 16.8. The predicted octanol–water partition coefficient (Wildman–Crippen LogP) is 4.62. The highest BCUT2D eigenvalue weighted by molar-refractivity contribution is 6.41. The second-order valence-corrected chi connectivity index (χ2v) is 7.82. The van der Waals surface area contributed by atoms with Crippen molar-refractivity contribution in [1.29, 1.82) is 0 Å². The number of esters is 1. The highest BCUT2D eigenvalue weighted by atomic mass is 35.5. The third-order valence-electron chi connectivity index (χ3n) is 5.02. The van der Waals surface area contributed by atoms with Crippen LogP contribution in [0.2, 0.25) is 10.2 Å². The fraction of sp³-hybridized carbons (Fsp3) is 0.227. The van der Waals surface area contributed by atoms with Crippen molar-refractivity contribution in [1.82, 2.24) is 9.55 Å². The Labute approximate surface area is 188 Å². The van der Waals surface area contributed by atoms with Gasteiger partial charge in [0.1, 0.15) is 5.15 Å². The molecule has 0 atom stereocenters. The molecular weight excluding hydrogens is 443 g/mol. The molecule has 0 saturated heterocycles. The average Bonchev–Trinajstić information content (AvgIpc) is 3.33. The number of fused-ring (bicyclic) bond motifs is 1. The molecule has 7 nitrogen and oxygen atoms in total. The minimum atomic E-state index is -0.700. The van der Waals surface area contributed by atoms with Gasteiger partial charge in [0.15, 0.2) is 18.1 Å². The van der Waals surface area contributed by atoms with Crippen LogP contribution in [0.15, 0.2) is 36.5 Å². The standard InChI is InChI=1S/C22H18Cl2N2O5/c1-12-5-16(18(27)10-29-22(28)15-7-17(23)21(24)25-8-15)13(2)26(12)9-14-3-4-19-20(6-14)31-11-30-19/h3-8H,9-11H2,1-2H3. The molecule has 1 aromatic carbocycles.